The van der Waals surface area contributed by atoms with E-state index in [9.17, 15) is 0 Å². The number of methoxy groups -OCH3 is 1. The molecule has 0 radical (unpaired) electrons. The molecule has 0 saturated carbocycles. The fourth-order valence-electron chi connectivity index (χ4n) is 1.33. The minimum Gasteiger partial charge on any atom is -0.496 e. The van der Waals surface area contributed by atoms with Crippen molar-refractivity contribution in [2.24, 2.45) is 0 Å². The highest BCUT2D eigenvalue weighted by Crippen LogP contribution is 2.25. The van der Waals surface area contributed by atoms with E-state index >= 15 is 0 Å². The van der Waals surface area contributed by atoms with Gasteiger partial charge in [0, 0.05) is 16.7 Å². The van der Waals surface area contributed by atoms with Crippen LogP contribution in [0, 0.1) is 12.3 Å². The first-order chi connectivity index (χ1) is 6.76. The van der Waals surface area contributed by atoms with Crippen LogP contribution in [0.2, 0.25) is 0 Å². The Bertz CT molecular complexity index is 338. The predicted octanol–water partition coefficient (Wildman–Crippen LogP) is 0.661. The van der Waals surface area contributed by atoms with Gasteiger partial charge in [0.05, 0.1) is 20.3 Å². The van der Waals surface area contributed by atoms with Crippen LogP contribution in [0.1, 0.15) is 16.7 Å². The molecule has 2 N–H and O–H groups in total. The van der Waals surface area contributed by atoms with Crippen LogP contribution in [0.15, 0.2) is 12.1 Å². The Morgan fingerprint density at radius 2 is 1.79 bits per heavy atom. The lowest BCUT2D eigenvalue weighted by Gasteiger charge is -2.11. The lowest BCUT2D eigenvalue weighted by atomic mass is 10.0. The normalized spacial score (nSPS) is 9.57. The molecule has 1 rings (SSSR count). The summed E-state index contributed by atoms with van der Waals surface area (Å²) in [4.78, 5) is 0. The van der Waals surface area contributed by atoms with Gasteiger partial charge in [0.15, 0.2) is 0 Å². The van der Waals surface area contributed by atoms with Gasteiger partial charge in [-0.2, -0.15) is 0 Å². The molecule has 3 nitrogen and oxygen atoms in total. The molecule has 0 bridgehead atoms. The Kier molecular flexibility index (Phi) is 3.52. The standard InChI is InChI=1S/C11H12O3/c1-3-8-4-9(6-12)11(14-2)10(5-8)7-13/h1,4-5,12-13H,6-7H2,2H3. The highest BCUT2D eigenvalue weighted by molar-refractivity contribution is 5.48. The van der Waals surface area contributed by atoms with Crippen LogP contribution < -0.4 is 4.74 Å². The molecule has 14 heavy (non-hydrogen) atoms. The lowest BCUT2D eigenvalue weighted by molar-refractivity contribution is 0.261. The zero-order valence-corrected chi connectivity index (χ0v) is 7.95. The SMILES string of the molecule is C#Cc1cc(CO)c(OC)c(CO)c1. The van der Waals surface area contributed by atoms with E-state index in [-0.39, 0.29) is 13.2 Å². The largest absolute Gasteiger partial charge is 0.496 e. The van der Waals surface area contributed by atoms with Crippen LogP contribution in [-0.2, 0) is 13.2 Å². The highest BCUT2D eigenvalue weighted by Gasteiger charge is 2.09. The number of hydrogen-bond donors (Lipinski definition) is 2. The van der Waals surface area contributed by atoms with Crippen LogP contribution in [0.4, 0.5) is 0 Å². The maximum absolute atomic E-state index is 9.06. The molecule has 0 spiro atoms. The van der Waals surface area contributed by atoms with Gasteiger partial charge in [-0.25, -0.2) is 0 Å². The zero-order chi connectivity index (χ0) is 10.6. The number of aliphatic hydroxyl groups excluding tert-OH is 2. The topological polar surface area (TPSA) is 49.7 Å². The van der Waals surface area contributed by atoms with Crippen molar-refractivity contribution in [1.82, 2.24) is 0 Å². The molecule has 0 aliphatic carbocycles. The maximum Gasteiger partial charge on any atom is 0.129 e. The van der Waals surface area contributed by atoms with E-state index < -0.39 is 0 Å². The van der Waals surface area contributed by atoms with Gasteiger partial charge in [0.25, 0.3) is 0 Å². The van der Waals surface area contributed by atoms with Crippen molar-refractivity contribution in [3.63, 3.8) is 0 Å². The quantitative estimate of drug-likeness (QED) is 0.692. The van der Waals surface area contributed by atoms with Crippen LogP contribution >= 0.6 is 0 Å². The first-order valence-corrected chi connectivity index (χ1v) is 4.15. The number of benzene rings is 1. The third-order valence-corrected chi connectivity index (χ3v) is 1.95. The van der Waals surface area contributed by atoms with E-state index in [1.54, 1.807) is 12.1 Å². The van der Waals surface area contributed by atoms with Gasteiger partial charge in [-0.15, -0.1) is 6.42 Å². The monoisotopic (exact) mass is 192 g/mol. The van der Waals surface area contributed by atoms with E-state index in [0.29, 0.717) is 22.4 Å². The second kappa shape index (κ2) is 4.66. The number of terminal acetylenes is 1. The van der Waals surface area contributed by atoms with E-state index in [2.05, 4.69) is 5.92 Å². The number of aliphatic hydroxyl groups is 2. The summed E-state index contributed by atoms with van der Waals surface area (Å²) in [5.74, 6) is 2.94. The van der Waals surface area contributed by atoms with Crippen molar-refractivity contribution < 1.29 is 14.9 Å². The molecule has 0 aliphatic heterocycles. The van der Waals surface area contributed by atoms with E-state index in [1.165, 1.54) is 7.11 Å². The first kappa shape index (κ1) is 10.6. The maximum atomic E-state index is 9.06. The first-order valence-electron chi connectivity index (χ1n) is 4.15. The van der Waals surface area contributed by atoms with Crippen LogP contribution in [0.5, 0.6) is 5.75 Å². The van der Waals surface area contributed by atoms with Crippen LogP contribution in [0.3, 0.4) is 0 Å². The molecule has 74 valence electrons. The van der Waals surface area contributed by atoms with Crippen molar-refractivity contribution >= 4 is 0 Å². The van der Waals surface area contributed by atoms with Gasteiger partial charge in [0.1, 0.15) is 5.75 Å². The molecule has 0 heterocycles. The molecule has 0 saturated heterocycles. The lowest BCUT2D eigenvalue weighted by Crippen LogP contribution is -1.99. The van der Waals surface area contributed by atoms with Crippen molar-refractivity contribution in [2.45, 2.75) is 13.2 Å². The van der Waals surface area contributed by atoms with Crippen LogP contribution in [0.25, 0.3) is 0 Å². The third kappa shape index (κ3) is 1.87. The van der Waals surface area contributed by atoms with E-state index in [4.69, 9.17) is 21.4 Å². The molecular weight excluding hydrogens is 180 g/mol. The minimum atomic E-state index is -0.161. The van der Waals surface area contributed by atoms with Gasteiger partial charge >= 0.3 is 0 Å². The van der Waals surface area contributed by atoms with Crippen molar-refractivity contribution in [3.8, 4) is 18.1 Å². The average Bonchev–Trinajstić information content (AvgIpc) is 2.26. The summed E-state index contributed by atoms with van der Waals surface area (Å²) in [6.07, 6.45) is 5.23. The summed E-state index contributed by atoms with van der Waals surface area (Å²) in [7, 11) is 1.49. The van der Waals surface area contributed by atoms with E-state index in [0.717, 1.165) is 0 Å². The summed E-state index contributed by atoms with van der Waals surface area (Å²) < 4.78 is 5.07. The summed E-state index contributed by atoms with van der Waals surface area (Å²) in [5, 5.41) is 18.1. The van der Waals surface area contributed by atoms with Crippen molar-refractivity contribution in [1.29, 1.82) is 0 Å². The number of rotatable bonds is 3. The molecule has 3 heteroatoms. The second-order valence-corrected chi connectivity index (χ2v) is 2.79. The predicted molar refractivity (Wildman–Crippen MR) is 52.8 cm³/mol. The van der Waals surface area contributed by atoms with E-state index in [1.807, 2.05) is 0 Å². The number of ether oxygens (including phenoxy) is 1. The summed E-state index contributed by atoms with van der Waals surface area (Å²) >= 11 is 0. The molecule has 0 unspecified atom stereocenters. The van der Waals surface area contributed by atoms with Crippen molar-refractivity contribution in [3.05, 3.63) is 28.8 Å². The Balaban J connectivity index is 3.33. The molecule has 0 aliphatic rings. The fraction of sp³-hybridized carbons (Fsp3) is 0.273. The minimum absolute atomic E-state index is 0.161. The molecule has 0 aromatic heterocycles. The Hall–Kier alpha value is -1.50. The summed E-state index contributed by atoms with van der Waals surface area (Å²) in [6, 6.07) is 3.33. The van der Waals surface area contributed by atoms with Crippen molar-refractivity contribution in [2.75, 3.05) is 7.11 Å². The third-order valence-electron chi connectivity index (χ3n) is 1.95. The zero-order valence-electron chi connectivity index (χ0n) is 7.95. The molecule has 0 amide bonds. The van der Waals surface area contributed by atoms with Crippen LogP contribution in [-0.4, -0.2) is 17.3 Å². The second-order valence-electron chi connectivity index (χ2n) is 2.79. The molecule has 0 atom stereocenters. The fourth-order valence-corrected chi connectivity index (χ4v) is 1.33. The highest BCUT2D eigenvalue weighted by atomic mass is 16.5. The Labute approximate surface area is 83.0 Å². The Morgan fingerprint density at radius 3 is 2.07 bits per heavy atom. The number of hydrogen-bond acceptors (Lipinski definition) is 3. The molecule has 1 aromatic rings. The smallest absolute Gasteiger partial charge is 0.129 e. The van der Waals surface area contributed by atoms with Gasteiger partial charge in [-0.05, 0) is 12.1 Å². The molecule has 1 aromatic carbocycles. The van der Waals surface area contributed by atoms with Gasteiger partial charge < -0.3 is 14.9 Å². The molecular formula is C11H12O3. The average molecular weight is 192 g/mol. The van der Waals surface area contributed by atoms with Gasteiger partial charge in [0.2, 0.25) is 0 Å². The van der Waals surface area contributed by atoms with Gasteiger partial charge in [-0.3, -0.25) is 0 Å². The summed E-state index contributed by atoms with van der Waals surface area (Å²) in [6.45, 7) is -0.322. The van der Waals surface area contributed by atoms with Gasteiger partial charge in [-0.1, -0.05) is 5.92 Å². The summed E-state index contributed by atoms with van der Waals surface area (Å²) in [5.41, 5.74) is 1.80. The molecule has 0 fully saturated rings. The Morgan fingerprint density at radius 1 is 1.29 bits per heavy atom.